The van der Waals surface area contributed by atoms with E-state index < -0.39 is 28.5 Å². The second kappa shape index (κ2) is 11.1. The van der Waals surface area contributed by atoms with Crippen LogP contribution < -0.4 is 5.32 Å². The van der Waals surface area contributed by atoms with Gasteiger partial charge in [-0.1, -0.05) is 53.9 Å². The number of aryl methyl sites for hydroxylation is 1. The summed E-state index contributed by atoms with van der Waals surface area (Å²) in [6, 6.07) is 10.5. The van der Waals surface area contributed by atoms with Crippen molar-refractivity contribution in [3.05, 3.63) is 63.6 Å². The number of carbonyl (C=O) groups is 2. The third-order valence-corrected chi connectivity index (χ3v) is 7.64. The highest BCUT2D eigenvalue weighted by atomic mass is 35.5. The van der Waals surface area contributed by atoms with Gasteiger partial charge in [-0.2, -0.15) is 4.31 Å². The Morgan fingerprint density at radius 3 is 2.12 bits per heavy atom. The van der Waals surface area contributed by atoms with Crippen molar-refractivity contribution in [3.8, 4) is 0 Å². The minimum absolute atomic E-state index is 0.0400. The van der Waals surface area contributed by atoms with Crippen LogP contribution in [0.4, 0.5) is 0 Å². The summed E-state index contributed by atoms with van der Waals surface area (Å²) >= 11 is 12.6. The fraction of sp³-hybridized carbons (Fsp3) is 0.364. The molecule has 0 radical (unpaired) electrons. The zero-order valence-corrected chi connectivity index (χ0v) is 20.8. The molecule has 0 aromatic heterocycles. The van der Waals surface area contributed by atoms with Crippen molar-refractivity contribution in [1.82, 2.24) is 14.5 Å². The lowest BCUT2D eigenvalue weighted by atomic mass is 10.1. The van der Waals surface area contributed by atoms with Crippen molar-refractivity contribution in [1.29, 1.82) is 0 Å². The minimum Gasteiger partial charge on any atom is -0.357 e. The predicted molar refractivity (Wildman–Crippen MR) is 126 cm³/mol. The molecule has 2 aromatic rings. The largest absolute Gasteiger partial charge is 0.357 e. The van der Waals surface area contributed by atoms with Crippen molar-refractivity contribution < 1.29 is 18.0 Å². The molecule has 0 unspecified atom stereocenters. The molecule has 0 fully saturated rings. The SMILES string of the molecule is CC[C@H](C(=O)NC)N(Cc1c(Cl)cccc1Cl)C(=O)CN(C)S(=O)(=O)c1ccc(C)cc1. The molecule has 10 heteroatoms. The van der Waals surface area contributed by atoms with E-state index in [1.54, 1.807) is 37.3 Å². The minimum atomic E-state index is -3.90. The van der Waals surface area contributed by atoms with Gasteiger partial charge in [0.1, 0.15) is 6.04 Å². The lowest BCUT2D eigenvalue weighted by Gasteiger charge is -2.32. The summed E-state index contributed by atoms with van der Waals surface area (Å²) in [5.74, 6) is -0.914. The average molecular weight is 500 g/mol. The van der Waals surface area contributed by atoms with E-state index in [0.29, 0.717) is 22.0 Å². The maximum Gasteiger partial charge on any atom is 0.243 e. The van der Waals surface area contributed by atoms with E-state index in [-0.39, 0.29) is 17.3 Å². The quantitative estimate of drug-likeness (QED) is 0.571. The Morgan fingerprint density at radius 2 is 1.62 bits per heavy atom. The molecule has 2 aromatic carbocycles. The summed E-state index contributed by atoms with van der Waals surface area (Å²) in [6.07, 6.45) is 0.321. The van der Waals surface area contributed by atoms with Crippen LogP contribution in [0.3, 0.4) is 0 Å². The Bertz CT molecular complexity index is 1050. The number of halogens is 2. The normalized spacial score (nSPS) is 12.5. The summed E-state index contributed by atoms with van der Waals surface area (Å²) in [5.41, 5.74) is 1.40. The number of likely N-dealkylation sites (N-methyl/N-ethyl adjacent to an activating group) is 2. The molecule has 0 heterocycles. The van der Waals surface area contributed by atoms with Gasteiger partial charge < -0.3 is 10.2 Å². The molecule has 1 atom stereocenters. The van der Waals surface area contributed by atoms with Crippen molar-refractivity contribution in [2.45, 2.75) is 37.8 Å². The molecule has 0 spiro atoms. The van der Waals surface area contributed by atoms with Crippen LogP contribution in [0.15, 0.2) is 47.4 Å². The maximum absolute atomic E-state index is 13.3. The summed E-state index contributed by atoms with van der Waals surface area (Å²) < 4.78 is 26.8. The zero-order valence-electron chi connectivity index (χ0n) is 18.4. The van der Waals surface area contributed by atoms with Crippen LogP contribution in [-0.4, -0.2) is 56.1 Å². The first-order chi connectivity index (χ1) is 15.0. The Morgan fingerprint density at radius 1 is 1.06 bits per heavy atom. The molecule has 1 N–H and O–H groups in total. The lowest BCUT2D eigenvalue weighted by Crippen LogP contribution is -2.51. The number of hydrogen-bond acceptors (Lipinski definition) is 4. The number of carbonyl (C=O) groups excluding carboxylic acids is 2. The van der Waals surface area contributed by atoms with Crippen molar-refractivity contribution >= 4 is 45.0 Å². The van der Waals surface area contributed by atoms with Gasteiger partial charge in [0.15, 0.2) is 0 Å². The molecule has 0 aliphatic carbocycles. The van der Waals surface area contributed by atoms with Gasteiger partial charge in [0.2, 0.25) is 21.8 Å². The standard InChI is InChI=1S/C22H27Cl2N3O4S/c1-5-20(22(29)25-3)27(13-17-18(23)7-6-8-19(17)24)21(28)14-26(4)32(30,31)16-11-9-15(2)10-12-16/h6-12,20H,5,13-14H2,1-4H3,(H,25,29)/t20-/m1/s1. The molecule has 0 aliphatic heterocycles. The molecular formula is C22H27Cl2N3O4S. The first kappa shape index (κ1) is 26.1. The van der Waals surface area contributed by atoms with Crippen LogP contribution in [0.2, 0.25) is 10.0 Å². The molecule has 7 nitrogen and oxygen atoms in total. The second-order valence-electron chi connectivity index (χ2n) is 7.33. The number of benzene rings is 2. The van der Waals surface area contributed by atoms with Crippen LogP contribution >= 0.6 is 23.2 Å². The van der Waals surface area contributed by atoms with Crippen molar-refractivity contribution in [2.75, 3.05) is 20.6 Å². The van der Waals surface area contributed by atoms with Gasteiger partial charge in [-0.15, -0.1) is 0 Å². The van der Waals surface area contributed by atoms with Gasteiger partial charge in [0.05, 0.1) is 11.4 Å². The highest BCUT2D eigenvalue weighted by Gasteiger charge is 2.32. The highest BCUT2D eigenvalue weighted by molar-refractivity contribution is 7.89. The number of amides is 2. The fourth-order valence-corrected chi connectivity index (χ4v) is 4.83. The molecule has 2 rings (SSSR count). The summed E-state index contributed by atoms with van der Waals surface area (Å²) in [5, 5.41) is 3.25. The molecule has 32 heavy (non-hydrogen) atoms. The van der Waals surface area contributed by atoms with E-state index >= 15 is 0 Å². The molecule has 0 bridgehead atoms. The van der Waals surface area contributed by atoms with Gasteiger partial charge >= 0.3 is 0 Å². The van der Waals surface area contributed by atoms with Crippen LogP contribution in [0.1, 0.15) is 24.5 Å². The van der Waals surface area contributed by atoms with Crippen molar-refractivity contribution in [3.63, 3.8) is 0 Å². The van der Waals surface area contributed by atoms with Crippen molar-refractivity contribution in [2.24, 2.45) is 0 Å². The molecular weight excluding hydrogens is 473 g/mol. The number of rotatable bonds is 9. The number of nitrogens with zero attached hydrogens (tertiary/aromatic N) is 2. The second-order valence-corrected chi connectivity index (χ2v) is 10.2. The molecule has 0 saturated heterocycles. The monoisotopic (exact) mass is 499 g/mol. The Labute approximate surface area is 199 Å². The van der Waals surface area contributed by atoms with Gasteiger partial charge in [0, 0.05) is 36.2 Å². The Hall–Kier alpha value is -2.13. The molecule has 174 valence electrons. The topological polar surface area (TPSA) is 86.8 Å². The molecule has 0 aliphatic rings. The van der Waals surface area contributed by atoms with Gasteiger partial charge in [-0.05, 0) is 37.6 Å². The smallest absolute Gasteiger partial charge is 0.243 e. The molecule has 0 saturated carbocycles. The summed E-state index contributed by atoms with van der Waals surface area (Å²) in [4.78, 5) is 27.2. The van der Waals surface area contributed by atoms with E-state index in [4.69, 9.17) is 23.2 Å². The van der Waals surface area contributed by atoms with E-state index in [2.05, 4.69) is 5.32 Å². The molecule has 2 amide bonds. The van der Waals surface area contributed by atoms with Crippen LogP contribution in [0, 0.1) is 6.92 Å². The van der Waals surface area contributed by atoms with Gasteiger partial charge in [-0.3, -0.25) is 9.59 Å². The fourth-order valence-electron chi connectivity index (χ4n) is 3.20. The van der Waals surface area contributed by atoms with Crippen LogP contribution in [0.5, 0.6) is 0 Å². The number of nitrogens with one attached hydrogen (secondary N) is 1. The first-order valence-electron chi connectivity index (χ1n) is 9.99. The summed E-state index contributed by atoms with van der Waals surface area (Å²) in [6.45, 7) is 3.12. The Balaban J connectivity index is 2.36. The third kappa shape index (κ3) is 6.01. The van der Waals surface area contributed by atoms with Gasteiger partial charge in [-0.25, -0.2) is 8.42 Å². The highest BCUT2D eigenvalue weighted by Crippen LogP contribution is 2.27. The summed E-state index contributed by atoms with van der Waals surface area (Å²) in [7, 11) is -1.09. The van der Waals surface area contributed by atoms with E-state index in [9.17, 15) is 18.0 Å². The number of hydrogen-bond donors (Lipinski definition) is 1. The van der Waals surface area contributed by atoms with Gasteiger partial charge in [0.25, 0.3) is 0 Å². The van der Waals surface area contributed by atoms with E-state index in [1.807, 2.05) is 6.92 Å². The lowest BCUT2D eigenvalue weighted by molar-refractivity contribution is -0.141. The number of sulfonamides is 1. The van der Waals surface area contributed by atoms with E-state index in [0.717, 1.165) is 9.87 Å². The third-order valence-electron chi connectivity index (χ3n) is 5.11. The predicted octanol–water partition coefficient (Wildman–Crippen LogP) is 3.48. The van der Waals surface area contributed by atoms with Crippen LogP contribution in [-0.2, 0) is 26.2 Å². The maximum atomic E-state index is 13.3. The average Bonchev–Trinajstić information content (AvgIpc) is 2.75. The van der Waals surface area contributed by atoms with E-state index in [1.165, 1.54) is 31.1 Å². The zero-order chi connectivity index (χ0) is 24.1. The van der Waals surface area contributed by atoms with Crippen LogP contribution in [0.25, 0.3) is 0 Å². The first-order valence-corrected chi connectivity index (χ1v) is 12.2. The Kier molecular flexibility index (Phi) is 9.09.